The van der Waals surface area contributed by atoms with Crippen molar-refractivity contribution in [1.29, 1.82) is 0 Å². The predicted molar refractivity (Wildman–Crippen MR) is 142 cm³/mol. The van der Waals surface area contributed by atoms with Crippen molar-refractivity contribution in [3.8, 4) is 0 Å². The molecule has 3 heterocycles. The van der Waals surface area contributed by atoms with Gasteiger partial charge in [-0.1, -0.05) is 53.9 Å². The van der Waals surface area contributed by atoms with E-state index in [0.717, 1.165) is 32.1 Å². The van der Waals surface area contributed by atoms with Crippen LogP contribution in [0.25, 0.3) is 0 Å². The van der Waals surface area contributed by atoms with Gasteiger partial charge in [0, 0.05) is 35.5 Å². The molecular weight excluding hydrogens is 530 g/mol. The van der Waals surface area contributed by atoms with Crippen LogP contribution in [0.1, 0.15) is 51.9 Å². The fraction of sp³-hybridized carbons (Fsp3) is 0.654. The molecule has 6 atom stereocenters. The van der Waals surface area contributed by atoms with Crippen molar-refractivity contribution in [1.82, 2.24) is 10.2 Å². The lowest BCUT2D eigenvalue weighted by molar-refractivity contribution is -0.139. The van der Waals surface area contributed by atoms with Crippen LogP contribution >= 0.6 is 27.7 Å². The Balaban J connectivity index is 1.60. The van der Waals surface area contributed by atoms with Gasteiger partial charge < -0.3 is 20.6 Å². The van der Waals surface area contributed by atoms with Gasteiger partial charge >= 0.3 is 0 Å². The number of benzene rings is 1. The molecule has 3 aliphatic heterocycles. The molecule has 0 aliphatic carbocycles. The molecule has 7 nitrogen and oxygen atoms in total. The van der Waals surface area contributed by atoms with Crippen LogP contribution < -0.4 is 10.6 Å². The highest BCUT2D eigenvalue weighted by Crippen LogP contribution is 2.67. The van der Waals surface area contributed by atoms with Crippen LogP contribution in [0.2, 0.25) is 0 Å². The Labute approximate surface area is 220 Å². The smallest absolute Gasteiger partial charge is 0.244 e. The average molecular weight is 567 g/mol. The second-order valence-corrected chi connectivity index (χ2v) is 12.5. The van der Waals surface area contributed by atoms with Crippen molar-refractivity contribution in [2.75, 3.05) is 25.0 Å². The van der Waals surface area contributed by atoms with E-state index in [9.17, 15) is 14.4 Å². The Bertz CT molecular complexity index is 919. The molecule has 3 aliphatic rings. The van der Waals surface area contributed by atoms with Gasteiger partial charge in [-0.25, -0.2) is 0 Å². The number of halogens is 1. The number of amides is 3. The maximum Gasteiger partial charge on any atom is 0.244 e. The number of likely N-dealkylation sites (tertiary alicyclic amines) is 1. The van der Waals surface area contributed by atoms with E-state index in [2.05, 4.69) is 33.5 Å². The summed E-state index contributed by atoms with van der Waals surface area (Å²) in [5, 5.41) is 15.2. The van der Waals surface area contributed by atoms with Crippen LogP contribution in [-0.4, -0.2) is 68.3 Å². The quantitative estimate of drug-likeness (QED) is 0.266. The van der Waals surface area contributed by atoms with E-state index in [4.69, 9.17) is 5.11 Å². The number of carbonyl (C=O) groups excluding carboxylic acids is 3. The normalized spacial score (nSPS) is 31.0. The molecule has 4 rings (SSSR count). The lowest BCUT2D eigenvalue weighted by Gasteiger charge is -2.35. The molecule has 1 spiro atoms. The highest BCUT2D eigenvalue weighted by molar-refractivity contribution is 9.09. The fourth-order valence-electron chi connectivity index (χ4n) is 5.97. The molecule has 3 amide bonds. The molecular formula is C26H36BrN3O4S. The van der Waals surface area contributed by atoms with Crippen molar-refractivity contribution < 1.29 is 19.5 Å². The average Bonchev–Trinajstić information content (AvgIpc) is 3.43. The minimum atomic E-state index is -0.611. The molecule has 192 valence electrons. The Morgan fingerprint density at radius 1 is 1.14 bits per heavy atom. The van der Waals surface area contributed by atoms with Gasteiger partial charge in [-0.05, 0) is 44.2 Å². The van der Waals surface area contributed by atoms with Crippen LogP contribution in [-0.2, 0) is 14.4 Å². The minimum Gasteiger partial charge on any atom is -0.396 e. The summed E-state index contributed by atoms with van der Waals surface area (Å²) in [5.41, 5.74) is 0.710. The number of nitrogens with zero attached hydrogens (tertiary/aromatic N) is 1. The predicted octanol–water partition coefficient (Wildman–Crippen LogP) is 3.56. The van der Waals surface area contributed by atoms with Crippen molar-refractivity contribution in [2.45, 2.75) is 72.7 Å². The largest absolute Gasteiger partial charge is 0.396 e. The molecule has 0 saturated carbocycles. The number of aliphatic hydroxyl groups excluding tert-OH is 1. The summed E-state index contributed by atoms with van der Waals surface area (Å²) in [6.07, 6.45) is 5.90. The summed E-state index contributed by atoms with van der Waals surface area (Å²) in [6.45, 7) is 3.31. The summed E-state index contributed by atoms with van der Waals surface area (Å²) in [6, 6.07) is 8.74. The second-order valence-electron chi connectivity index (χ2n) is 9.83. The van der Waals surface area contributed by atoms with Gasteiger partial charge in [0.25, 0.3) is 0 Å². The zero-order valence-electron chi connectivity index (χ0n) is 20.2. The standard InChI is InChI=1S/C26H36BrN3O4S/c1-2-3-8-13-28-24(33)22-26-16-18(27)21(35-26)19(23(32)29-17-11-6-4-7-12-17)20(26)25(34)30(22)14-9-5-10-15-31/h4,6-7,11-12,18-22,31H,2-3,5,8-10,13-16H2,1H3,(H,28,33)(H,29,32)/t18?,19-,20-,21-,22?,26?/m0/s1. The third kappa shape index (κ3) is 5.14. The molecule has 3 fully saturated rings. The molecule has 1 aromatic carbocycles. The van der Waals surface area contributed by atoms with Gasteiger partial charge in [0.2, 0.25) is 17.7 Å². The van der Waals surface area contributed by atoms with Gasteiger partial charge in [0.05, 0.1) is 16.6 Å². The molecule has 3 unspecified atom stereocenters. The number of alkyl halides is 1. The number of aliphatic hydroxyl groups is 1. The number of fused-ring (bicyclic) bond motifs is 1. The lowest BCUT2D eigenvalue weighted by atomic mass is 9.70. The Kier molecular flexibility index (Phi) is 8.81. The number of nitrogens with one attached hydrogen (secondary N) is 2. The number of rotatable bonds is 12. The topological polar surface area (TPSA) is 98.7 Å². The maximum atomic E-state index is 13.9. The monoisotopic (exact) mass is 565 g/mol. The van der Waals surface area contributed by atoms with E-state index in [-0.39, 0.29) is 34.4 Å². The number of unbranched alkanes of at least 4 members (excludes halogenated alkanes) is 4. The third-order valence-corrected chi connectivity index (χ3v) is 10.7. The van der Waals surface area contributed by atoms with E-state index in [1.165, 1.54) is 0 Å². The highest BCUT2D eigenvalue weighted by Gasteiger charge is 2.75. The summed E-state index contributed by atoms with van der Waals surface area (Å²) < 4.78 is -0.611. The zero-order valence-corrected chi connectivity index (χ0v) is 22.7. The molecule has 0 radical (unpaired) electrons. The van der Waals surface area contributed by atoms with Gasteiger partial charge in [0.1, 0.15) is 6.04 Å². The van der Waals surface area contributed by atoms with Crippen LogP contribution in [0.3, 0.4) is 0 Å². The van der Waals surface area contributed by atoms with Crippen LogP contribution in [0.4, 0.5) is 5.69 Å². The number of thioether (sulfide) groups is 1. The van der Waals surface area contributed by atoms with Gasteiger partial charge in [-0.15, -0.1) is 11.8 Å². The molecule has 1 aromatic rings. The van der Waals surface area contributed by atoms with Crippen molar-refractivity contribution in [3.05, 3.63) is 30.3 Å². The second kappa shape index (κ2) is 11.6. The first-order valence-electron chi connectivity index (χ1n) is 12.8. The number of carbonyl (C=O) groups is 3. The Hall–Kier alpha value is -1.58. The number of hydrogen-bond acceptors (Lipinski definition) is 5. The zero-order chi connectivity index (χ0) is 25.0. The summed E-state index contributed by atoms with van der Waals surface area (Å²) in [4.78, 5) is 42.8. The molecule has 9 heteroatoms. The number of anilines is 1. The van der Waals surface area contributed by atoms with Crippen molar-refractivity contribution >= 4 is 51.1 Å². The molecule has 35 heavy (non-hydrogen) atoms. The molecule has 3 saturated heterocycles. The number of hydrogen-bond donors (Lipinski definition) is 3. The van der Waals surface area contributed by atoms with Crippen LogP contribution in [0.5, 0.6) is 0 Å². The van der Waals surface area contributed by atoms with Gasteiger partial charge in [-0.3, -0.25) is 14.4 Å². The Morgan fingerprint density at radius 2 is 1.91 bits per heavy atom. The van der Waals surface area contributed by atoms with E-state index in [1.807, 2.05) is 30.3 Å². The van der Waals surface area contributed by atoms with Gasteiger partial charge in [0.15, 0.2) is 0 Å². The van der Waals surface area contributed by atoms with Crippen LogP contribution in [0, 0.1) is 11.8 Å². The van der Waals surface area contributed by atoms with Crippen LogP contribution in [0.15, 0.2) is 30.3 Å². The molecule has 2 bridgehead atoms. The molecule has 0 aromatic heterocycles. The first kappa shape index (κ1) is 26.5. The minimum absolute atomic E-state index is 0.0559. The first-order valence-corrected chi connectivity index (χ1v) is 14.6. The summed E-state index contributed by atoms with van der Waals surface area (Å²) in [5.74, 6) is -1.34. The highest BCUT2D eigenvalue weighted by atomic mass is 79.9. The first-order chi connectivity index (χ1) is 16.9. The van der Waals surface area contributed by atoms with Crippen molar-refractivity contribution in [2.24, 2.45) is 11.8 Å². The third-order valence-electron chi connectivity index (χ3n) is 7.52. The van der Waals surface area contributed by atoms with E-state index in [0.29, 0.717) is 31.6 Å². The van der Waals surface area contributed by atoms with E-state index >= 15 is 0 Å². The summed E-state index contributed by atoms with van der Waals surface area (Å²) in [7, 11) is 0. The summed E-state index contributed by atoms with van der Waals surface area (Å²) >= 11 is 5.46. The lowest BCUT2D eigenvalue weighted by Crippen LogP contribution is -2.54. The number of para-hydroxylation sites is 1. The fourth-order valence-corrected chi connectivity index (χ4v) is 9.58. The SMILES string of the molecule is CCCCCNC(=O)C1N(CCCCCO)C(=O)[C@@H]2[C@H](C(=O)Nc3ccccc3)[C@H]3SC12CC3Br. The molecule has 3 N–H and O–H groups in total. The van der Waals surface area contributed by atoms with Gasteiger partial charge in [-0.2, -0.15) is 0 Å². The van der Waals surface area contributed by atoms with E-state index in [1.54, 1.807) is 16.7 Å². The maximum absolute atomic E-state index is 13.9. The Morgan fingerprint density at radius 3 is 2.63 bits per heavy atom. The van der Waals surface area contributed by atoms with E-state index < -0.39 is 22.6 Å². The van der Waals surface area contributed by atoms with Crippen molar-refractivity contribution in [3.63, 3.8) is 0 Å².